The molecule has 0 radical (unpaired) electrons. The lowest BCUT2D eigenvalue weighted by molar-refractivity contribution is -0.116. The van der Waals surface area contributed by atoms with E-state index in [0.717, 1.165) is 4.31 Å². The first kappa shape index (κ1) is 24.3. The van der Waals surface area contributed by atoms with Crippen LogP contribution in [0, 0.1) is 0 Å². The summed E-state index contributed by atoms with van der Waals surface area (Å²) in [6.07, 6.45) is -0.178. The molecule has 3 rings (SSSR count). The van der Waals surface area contributed by atoms with Gasteiger partial charge in [-0.1, -0.05) is 11.6 Å². The molecule has 1 heterocycles. The molecule has 0 aliphatic carbocycles. The summed E-state index contributed by atoms with van der Waals surface area (Å²) in [7, 11) is -4.94. The van der Waals surface area contributed by atoms with Crippen LogP contribution in [0.4, 0.5) is 5.69 Å². The van der Waals surface area contributed by atoms with Gasteiger partial charge in [0.25, 0.3) is 0 Å². The van der Waals surface area contributed by atoms with Crippen LogP contribution in [0.25, 0.3) is 0 Å². The first-order valence-corrected chi connectivity index (χ1v) is 12.7. The van der Waals surface area contributed by atoms with Crippen LogP contribution in [0.2, 0.25) is 5.02 Å². The first-order chi connectivity index (χ1) is 15.0. The Bertz CT molecular complexity index is 1230. The van der Waals surface area contributed by atoms with Crippen molar-refractivity contribution in [1.82, 2.24) is 9.03 Å². The summed E-state index contributed by atoms with van der Waals surface area (Å²) in [6, 6.07) is 8.31. The zero-order valence-electron chi connectivity index (χ0n) is 17.3. The van der Waals surface area contributed by atoms with Crippen molar-refractivity contribution >= 4 is 43.2 Å². The van der Waals surface area contributed by atoms with Crippen molar-refractivity contribution in [3.8, 4) is 11.5 Å². The van der Waals surface area contributed by atoms with E-state index in [4.69, 9.17) is 21.1 Å². The summed E-state index contributed by atoms with van der Waals surface area (Å²) in [5.74, 6) is 0.293. The second kappa shape index (κ2) is 9.63. The highest BCUT2D eigenvalue weighted by Gasteiger charge is 2.22. The fourth-order valence-corrected chi connectivity index (χ4v) is 5.21. The fourth-order valence-electron chi connectivity index (χ4n) is 2.77. The average Bonchev–Trinajstić information content (AvgIpc) is 2.74. The number of sulfonamides is 2. The van der Waals surface area contributed by atoms with E-state index in [2.05, 4.69) is 10.0 Å². The van der Waals surface area contributed by atoms with E-state index in [9.17, 15) is 21.6 Å². The zero-order valence-corrected chi connectivity index (χ0v) is 19.7. The number of carbonyl (C=O) groups is 1. The Morgan fingerprint density at radius 2 is 1.72 bits per heavy atom. The number of rotatable bonds is 8. The van der Waals surface area contributed by atoms with E-state index in [1.165, 1.54) is 50.5 Å². The van der Waals surface area contributed by atoms with Gasteiger partial charge in [0.1, 0.15) is 18.1 Å². The van der Waals surface area contributed by atoms with Gasteiger partial charge >= 0.3 is 0 Å². The predicted octanol–water partition coefficient (Wildman–Crippen LogP) is 1.67. The molecule has 0 unspecified atom stereocenters. The number of ether oxygens (including phenoxy) is 2. The minimum Gasteiger partial charge on any atom is -0.486 e. The van der Waals surface area contributed by atoms with Gasteiger partial charge in [-0.15, -0.1) is 0 Å². The number of halogens is 1. The topological polar surface area (TPSA) is 131 Å². The maximum Gasteiger partial charge on any atom is 0.244 e. The van der Waals surface area contributed by atoms with Crippen molar-refractivity contribution < 1.29 is 31.1 Å². The Kier molecular flexibility index (Phi) is 7.30. The molecular formula is C19H22ClN3O7S2. The van der Waals surface area contributed by atoms with Gasteiger partial charge in [0.15, 0.2) is 11.5 Å². The van der Waals surface area contributed by atoms with E-state index in [1.807, 2.05) is 0 Å². The summed E-state index contributed by atoms with van der Waals surface area (Å²) < 4.78 is 63.8. The molecule has 0 saturated carbocycles. The van der Waals surface area contributed by atoms with Crippen molar-refractivity contribution in [3.05, 3.63) is 41.4 Å². The Labute approximate surface area is 191 Å². The van der Waals surface area contributed by atoms with E-state index < -0.39 is 26.0 Å². The van der Waals surface area contributed by atoms with Crippen LogP contribution < -0.4 is 19.5 Å². The lowest BCUT2D eigenvalue weighted by Gasteiger charge is -2.18. The molecule has 32 heavy (non-hydrogen) atoms. The van der Waals surface area contributed by atoms with Crippen LogP contribution >= 0.6 is 11.6 Å². The molecule has 1 amide bonds. The van der Waals surface area contributed by atoms with Gasteiger partial charge in [0.05, 0.1) is 9.92 Å². The number of anilines is 1. The molecule has 2 aromatic rings. The van der Waals surface area contributed by atoms with Gasteiger partial charge in [-0.25, -0.2) is 25.9 Å². The van der Waals surface area contributed by atoms with Crippen LogP contribution in [0.1, 0.15) is 6.42 Å². The van der Waals surface area contributed by atoms with Crippen molar-refractivity contribution in [2.75, 3.05) is 39.2 Å². The molecule has 0 saturated heterocycles. The third kappa shape index (κ3) is 5.51. The van der Waals surface area contributed by atoms with Crippen molar-refractivity contribution in [1.29, 1.82) is 0 Å². The summed E-state index contributed by atoms with van der Waals surface area (Å²) in [5, 5.41) is 2.55. The predicted molar refractivity (Wildman–Crippen MR) is 118 cm³/mol. The molecule has 0 fully saturated rings. The van der Waals surface area contributed by atoms with Crippen LogP contribution in [-0.2, 0) is 24.8 Å². The number of hydrogen-bond donors (Lipinski definition) is 2. The minimum atomic E-state index is -3.87. The largest absolute Gasteiger partial charge is 0.486 e. The number of hydrogen-bond acceptors (Lipinski definition) is 7. The maximum atomic E-state index is 12.5. The molecule has 13 heteroatoms. The molecule has 174 valence electrons. The third-order valence-corrected chi connectivity index (χ3v) is 8.20. The number of carbonyl (C=O) groups excluding carboxylic acids is 1. The number of fused-ring (bicyclic) bond motifs is 1. The summed E-state index contributed by atoms with van der Waals surface area (Å²) >= 11 is 5.99. The highest BCUT2D eigenvalue weighted by atomic mass is 35.5. The Hall–Kier alpha value is -2.38. The molecule has 1 aliphatic heterocycles. The summed E-state index contributed by atoms with van der Waals surface area (Å²) in [6.45, 7) is 0.550. The Morgan fingerprint density at radius 3 is 2.41 bits per heavy atom. The molecule has 0 atom stereocenters. The lowest BCUT2D eigenvalue weighted by Crippen LogP contribution is -2.28. The van der Waals surface area contributed by atoms with Crippen molar-refractivity contribution in [2.45, 2.75) is 16.2 Å². The van der Waals surface area contributed by atoms with Gasteiger partial charge in [0.2, 0.25) is 26.0 Å². The number of amides is 1. The fraction of sp³-hybridized carbons (Fsp3) is 0.316. The van der Waals surface area contributed by atoms with Crippen molar-refractivity contribution in [3.63, 3.8) is 0 Å². The molecular weight excluding hydrogens is 482 g/mol. The number of benzene rings is 2. The second-order valence-corrected chi connectivity index (χ2v) is 11.2. The molecule has 1 aliphatic rings. The lowest BCUT2D eigenvalue weighted by atomic mass is 10.3. The quantitative estimate of drug-likeness (QED) is 0.560. The summed E-state index contributed by atoms with van der Waals surface area (Å²) in [4.78, 5) is 12.1. The van der Waals surface area contributed by atoms with Gasteiger partial charge in [-0.3, -0.25) is 4.79 Å². The molecule has 0 spiro atoms. The number of nitrogens with zero attached hydrogens (tertiary/aromatic N) is 1. The normalized spacial score (nSPS) is 13.8. The van der Waals surface area contributed by atoms with Crippen LogP contribution in [0.15, 0.2) is 46.2 Å². The Balaban J connectivity index is 1.61. The average molecular weight is 504 g/mol. The zero-order chi connectivity index (χ0) is 23.5. The van der Waals surface area contributed by atoms with Crippen LogP contribution in [0.5, 0.6) is 11.5 Å². The second-order valence-electron chi connectivity index (χ2n) is 6.93. The smallest absolute Gasteiger partial charge is 0.244 e. The van der Waals surface area contributed by atoms with Gasteiger partial charge < -0.3 is 14.8 Å². The molecule has 10 nitrogen and oxygen atoms in total. The van der Waals surface area contributed by atoms with E-state index in [0.29, 0.717) is 24.7 Å². The number of nitrogens with one attached hydrogen (secondary N) is 2. The molecule has 0 aromatic heterocycles. The van der Waals surface area contributed by atoms with Crippen LogP contribution in [-0.4, -0.2) is 60.9 Å². The SMILES string of the molecule is CN(C)S(=O)(=O)c1cc(NC(=O)CCNS(=O)(=O)c2ccc3c(c2)OCCO3)ccc1Cl. The van der Waals surface area contributed by atoms with Crippen molar-refractivity contribution in [2.24, 2.45) is 0 Å². The Morgan fingerprint density at radius 1 is 1.03 bits per heavy atom. The molecule has 0 bridgehead atoms. The highest BCUT2D eigenvalue weighted by molar-refractivity contribution is 7.89. The first-order valence-electron chi connectivity index (χ1n) is 9.42. The minimum absolute atomic E-state index is 0.0154. The van der Waals surface area contributed by atoms with Gasteiger partial charge in [-0.05, 0) is 30.3 Å². The third-order valence-electron chi connectivity index (χ3n) is 4.44. The van der Waals surface area contributed by atoms with E-state index in [-0.39, 0.29) is 33.5 Å². The monoisotopic (exact) mass is 503 g/mol. The van der Waals surface area contributed by atoms with Gasteiger partial charge in [0, 0.05) is 38.8 Å². The van der Waals surface area contributed by atoms with E-state index in [1.54, 1.807) is 0 Å². The standard InChI is InChI=1S/C19H22ClN3O7S2/c1-23(2)32(27,28)18-11-13(3-5-15(18)20)22-19(24)7-8-21-31(25,26)14-4-6-16-17(12-14)30-10-9-29-16/h3-6,11-12,21H,7-10H2,1-2H3,(H,22,24). The van der Waals surface area contributed by atoms with E-state index >= 15 is 0 Å². The summed E-state index contributed by atoms with van der Waals surface area (Å²) in [5.41, 5.74) is 0.217. The van der Waals surface area contributed by atoms with Crippen LogP contribution in [0.3, 0.4) is 0 Å². The molecule has 2 N–H and O–H groups in total. The maximum absolute atomic E-state index is 12.5. The molecule has 2 aromatic carbocycles. The highest BCUT2D eigenvalue weighted by Crippen LogP contribution is 2.32. The van der Waals surface area contributed by atoms with Gasteiger partial charge in [-0.2, -0.15) is 0 Å².